The average molecular weight is 204 g/mol. The van der Waals surface area contributed by atoms with Crippen molar-refractivity contribution in [2.24, 2.45) is 0 Å². The minimum atomic E-state index is 0.423. The maximum Gasteiger partial charge on any atom is 0.256 e. The summed E-state index contributed by atoms with van der Waals surface area (Å²) < 4.78 is 1.84. The average Bonchev–Trinajstić information content (AvgIpc) is 2.81. The molecule has 3 heterocycles. The molecule has 0 aliphatic carbocycles. The van der Waals surface area contributed by atoms with Crippen LogP contribution in [0, 0.1) is 0 Å². The molecule has 0 saturated carbocycles. The van der Waals surface area contributed by atoms with Gasteiger partial charge in [0.2, 0.25) is 5.95 Å². The van der Waals surface area contributed by atoms with Crippen molar-refractivity contribution < 1.29 is 0 Å². The molecule has 0 spiro atoms. The summed E-state index contributed by atoms with van der Waals surface area (Å²) in [4.78, 5) is 6.55. The van der Waals surface area contributed by atoms with Crippen molar-refractivity contribution in [1.29, 1.82) is 0 Å². The van der Waals surface area contributed by atoms with Crippen molar-refractivity contribution in [3.8, 4) is 0 Å². The maximum atomic E-state index is 5.77. The van der Waals surface area contributed by atoms with E-state index in [1.807, 2.05) is 10.6 Å². The van der Waals surface area contributed by atoms with E-state index in [-0.39, 0.29) is 0 Å². The molecule has 15 heavy (non-hydrogen) atoms. The first kappa shape index (κ1) is 8.60. The molecule has 1 aliphatic heterocycles. The number of aromatic nitrogens is 4. The molecule has 0 fully saturated rings. The Balaban J connectivity index is 2.23. The summed E-state index contributed by atoms with van der Waals surface area (Å²) in [5, 5.41) is 7.74. The highest BCUT2D eigenvalue weighted by Gasteiger charge is 2.22. The van der Waals surface area contributed by atoms with Crippen molar-refractivity contribution >= 4 is 11.7 Å². The van der Waals surface area contributed by atoms with Gasteiger partial charge in [-0.2, -0.15) is 0 Å². The van der Waals surface area contributed by atoms with Gasteiger partial charge in [0.05, 0.1) is 0 Å². The molecule has 2 aromatic rings. The number of fused-ring (bicyclic) bond motifs is 3. The van der Waals surface area contributed by atoms with Gasteiger partial charge < -0.3 is 5.73 Å². The molecule has 0 bridgehead atoms. The predicted octanol–water partition coefficient (Wildman–Crippen LogP) is 0.0420. The number of rotatable bonds is 1. The van der Waals surface area contributed by atoms with Gasteiger partial charge in [0, 0.05) is 30.5 Å². The molecule has 6 heteroatoms. The third-order valence-electron chi connectivity index (χ3n) is 2.86. The fraction of sp³-hybridized carbons (Fsp3) is 0.444. The van der Waals surface area contributed by atoms with Crippen molar-refractivity contribution in [2.45, 2.75) is 20.0 Å². The Morgan fingerprint density at radius 1 is 1.40 bits per heavy atom. The summed E-state index contributed by atoms with van der Waals surface area (Å²) in [5.41, 5.74) is 8.16. The summed E-state index contributed by atoms with van der Waals surface area (Å²) in [6.45, 7) is 5.00. The fourth-order valence-corrected chi connectivity index (χ4v) is 2.02. The highest BCUT2D eigenvalue weighted by Crippen LogP contribution is 2.23. The minimum Gasteiger partial charge on any atom is -0.368 e. The molecular formula is C9H12N6. The molecule has 2 N–H and O–H groups in total. The molecule has 0 unspecified atom stereocenters. The van der Waals surface area contributed by atoms with Gasteiger partial charge in [-0.25, -0.2) is 9.38 Å². The summed E-state index contributed by atoms with van der Waals surface area (Å²) in [7, 11) is 0. The number of nitrogen functional groups attached to an aromatic ring is 1. The zero-order chi connectivity index (χ0) is 10.4. The lowest BCUT2D eigenvalue weighted by atomic mass is 10.3. The Labute approximate surface area is 86.7 Å². The van der Waals surface area contributed by atoms with Crippen LogP contribution in [-0.2, 0) is 13.1 Å². The molecule has 1 aliphatic rings. The molecule has 0 aromatic carbocycles. The topological polar surface area (TPSA) is 72.3 Å². The highest BCUT2D eigenvalue weighted by atomic mass is 15.3. The van der Waals surface area contributed by atoms with Crippen LogP contribution in [0.25, 0.3) is 5.78 Å². The summed E-state index contributed by atoms with van der Waals surface area (Å²) in [6, 6.07) is 0. The summed E-state index contributed by atoms with van der Waals surface area (Å²) >= 11 is 0. The lowest BCUT2D eigenvalue weighted by Gasteiger charge is -2.09. The van der Waals surface area contributed by atoms with Crippen LogP contribution in [0.4, 0.5) is 5.95 Å². The van der Waals surface area contributed by atoms with Crippen LogP contribution in [-0.4, -0.2) is 31.0 Å². The van der Waals surface area contributed by atoms with Crippen molar-refractivity contribution in [3.63, 3.8) is 0 Å². The van der Waals surface area contributed by atoms with Gasteiger partial charge in [-0.1, -0.05) is 6.92 Å². The minimum absolute atomic E-state index is 0.423. The van der Waals surface area contributed by atoms with Crippen LogP contribution in [0.2, 0.25) is 0 Å². The van der Waals surface area contributed by atoms with E-state index in [0.717, 1.165) is 19.6 Å². The van der Waals surface area contributed by atoms with Gasteiger partial charge in [-0.15, -0.1) is 10.2 Å². The van der Waals surface area contributed by atoms with Crippen LogP contribution in [0.15, 0.2) is 6.20 Å². The molecule has 0 atom stereocenters. The van der Waals surface area contributed by atoms with Crippen LogP contribution >= 0.6 is 0 Å². The largest absolute Gasteiger partial charge is 0.368 e. The summed E-state index contributed by atoms with van der Waals surface area (Å²) in [5.74, 6) is 1.01. The Morgan fingerprint density at radius 3 is 3.07 bits per heavy atom. The lowest BCUT2D eigenvalue weighted by Crippen LogP contribution is -2.15. The van der Waals surface area contributed by atoms with Crippen molar-refractivity contribution in [2.75, 3.05) is 12.3 Å². The SMILES string of the molecule is CCN1Cc2cnc3nnc(N)n3c2C1. The van der Waals surface area contributed by atoms with Crippen molar-refractivity contribution in [1.82, 2.24) is 24.5 Å². The normalized spacial score (nSPS) is 16.1. The molecule has 3 rings (SSSR count). The first-order valence-corrected chi connectivity index (χ1v) is 4.99. The zero-order valence-corrected chi connectivity index (χ0v) is 8.51. The Morgan fingerprint density at radius 2 is 2.27 bits per heavy atom. The van der Waals surface area contributed by atoms with E-state index < -0.39 is 0 Å². The van der Waals surface area contributed by atoms with E-state index in [0.29, 0.717) is 11.7 Å². The van der Waals surface area contributed by atoms with Gasteiger partial charge in [-0.05, 0) is 6.54 Å². The second-order valence-electron chi connectivity index (χ2n) is 3.73. The van der Waals surface area contributed by atoms with Crippen LogP contribution in [0.1, 0.15) is 18.2 Å². The lowest BCUT2D eigenvalue weighted by molar-refractivity contribution is 0.298. The molecule has 78 valence electrons. The monoisotopic (exact) mass is 204 g/mol. The first-order valence-electron chi connectivity index (χ1n) is 4.99. The highest BCUT2D eigenvalue weighted by molar-refractivity contribution is 5.41. The quantitative estimate of drug-likeness (QED) is 0.710. The van der Waals surface area contributed by atoms with Gasteiger partial charge in [0.15, 0.2) is 0 Å². The molecule has 0 radical (unpaired) electrons. The summed E-state index contributed by atoms with van der Waals surface area (Å²) in [6.07, 6.45) is 1.87. The van der Waals surface area contributed by atoms with Crippen molar-refractivity contribution in [3.05, 3.63) is 17.5 Å². The van der Waals surface area contributed by atoms with Crippen LogP contribution in [0.3, 0.4) is 0 Å². The van der Waals surface area contributed by atoms with Crippen LogP contribution in [0.5, 0.6) is 0 Å². The van der Waals surface area contributed by atoms with E-state index in [9.17, 15) is 0 Å². The van der Waals surface area contributed by atoms with E-state index in [1.165, 1.54) is 11.3 Å². The molecule has 0 saturated heterocycles. The third kappa shape index (κ3) is 1.11. The second kappa shape index (κ2) is 2.90. The maximum absolute atomic E-state index is 5.77. The predicted molar refractivity (Wildman–Crippen MR) is 55.0 cm³/mol. The zero-order valence-electron chi connectivity index (χ0n) is 8.51. The van der Waals surface area contributed by atoms with Crippen LogP contribution < -0.4 is 5.73 Å². The van der Waals surface area contributed by atoms with E-state index in [1.54, 1.807) is 0 Å². The molecule has 6 nitrogen and oxygen atoms in total. The molecule has 2 aromatic heterocycles. The molecule has 0 amide bonds. The van der Waals surface area contributed by atoms with Gasteiger partial charge >= 0.3 is 0 Å². The number of hydrogen-bond acceptors (Lipinski definition) is 5. The Kier molecular flexibility index (Phi) is 1.66. The van der Waals surface area contributed by atoms with E-state index in [4.69, 9.17) is 5.73 Å². The van der Waals surface area contributed by atoms with E-state index >= 15 is 0 Å². The number of nitrogens with two attached hydrogens (primary N) is 1. The number of hydrogen-bond donors (Lipinski definition) is 1. The molecular weight excluding hydrogens is 192 g/mol. The second-order valence-corrected chi connectivity index (χ2v) is 3.73. The first-order chi connectivity index (χ1) is 7.29. The Bertz CT molecular complexity index is 517. The van der Waals surface area contributed by atoms with E-state index in [2.05, 4.69) is 27.0 Å². The van der Waals surface area contributed by atoms with Gasteiger partial charge in [-0.3, -0.25) is 4.90 Å². The van der Waals surface area contributed by atoms with Gasteiger partial charge in [0.1, 0.15) is 0 Å². The van der Waals surface area contributed by atoms with Gasteiger partial charge in [0.25, 0.3) is 5.78 Å². The number of anilines is 1. The fourth-order valence-electron chi connectivity index (χ4n) is 2.02. The Hall–Kier alpha value is -1.69. The third-order valence-corrected chi connectivity index (χ3v) is 2.86. The smallest absolute Gasteiger partial charge is 0.256 e. The number of nitrogens with zero attached hydrogens (tertiary/aromatic N) is 5. The standard InChI is InChI=1S/C9H12N6/c1-2-14-4-6-3-11-9-13-12-8(10)15(9)7(6)5-14/h3H,2,4-5H2,1H3,(H2,10,12).